The molecule has 2 N–H and O–H groups in total. The summed E-state index contributed by atoms with van der Waals surface area (Å²) in [7, 11) is 0. The number of hydrogen-bond donors (Lipinski definition) is 2. The molecule has 0 aliphatic heterocycles. The zero-order valence-corrected chi connectivity index (χ0v) is 16.5. The van der Waals surface area contributed by atoms with Crippen LogP contribution in [-0.2, 0) is 13.1 Å². The minimum Gasteiger partial charge on any atom is -0.357 e. The predicted molar refractivity (Wildman–Crippen MR) is 106 cm³/mol. The fourth-order valence-electron chi connectivity index (χ4n) is 1.73. The number of nitrogens with one attached hydrogen (secondary N) is 2. The van der Waals surface area contributed by atoms with Gasteiger partial charge in [0.15, 0.2) is 5.96 Å². The molecule has 0 unspecified atom stereocenters. The summed E-state index contributed by atoms with van der Waals surface area (Å²) >= 11 is 5.23. The molecule has 0 fully saturated rings. The van der Waals surface area contributed by atoms with E-state index < -0.39 is 0 Å². The molecule has 2 aromatic rings. The molecule has 0 atom stereocenters. The number of thiophene rings is 1. The summed E-state index contributed by atoms with van der Waals surface area (Å²) in [5.41, 5.74) is 1.19. The molecule has 1 heterocycles. The van der Waals surface area contributed by atoms with Crippen LogP contribution in [0.2, 0.25) is 0 Å². The Hall–Kier alpha value is -0.600. The van der Waals surface area contributed by atoms with Crippen LogP contribution in [-0.4, -0.2) is 12.5 Å². The maximum absolute atomic E-state index is 4.60. The third-order valence-corrected chi connectivity index (χ3v) is 4.03. The highest BCUT2D eigenvalue weighted by atomic mass is 127. The average Bonchev–Trinajstić information content (AvgIpc) is 2.95. The van der Waals surface area contributed by atoms with E-state index in [4.69, 9.17) is 0 Å². The van der Waals surface area contributed by atoms with Crippen LogP contribution in [0.25, 0.3) is 0 Å². The van der Waals surface area contributed by atoms with Crippen LogP contribution in [0.15, 0.2) is 51.2 Å². The summed E-state index contributed by atoms with van der Waals surface area (Å²) in [6.45, 7) is 4.40. The van der Waals surface area contributed by atoms with Crippen LogP contribution in [0.3, 0.4) is 0 Å². The van der Waals surface area contributed by atoms with Gasteiger partial charge in [0.25, 0.3) is 0 Å². The molecule has 3 nitrogen and oxygen atoms in total. The van der Waals surface area contributed by atoms with E-state index >= 15 is 0 Å². The van der Waals surface area contributed by atoms with Crippen LogP contribution in [0.1, 0.15) is 17.4 Å². The molecule has 0 spiro atoms. The van der Waals surface area contributed by atoms with Gasteiger partial charge in [0, 0.05) is 15.9 Å². The van der Waals surface area contributed by atoms with Crippen LogP contribution in [0.5, 0.6) is 0 Å². The number of hydrogen-bond acceptors (Lipinski definition) is 2. The molecular weight excluding hydrogens is 461 g/mol. The monoisotopic (exact) mass is 479 g/mol. The quantitative estimate of drug-likeness (QED) is 0.379. The average molecular weight is 480 g/mol. The second-order valence-electron chi connectivity index (χ2n) is 4.26. The van der Waals surface area contributed by atoms with Gasteiger partial charge in [-0.25, -0.2) is 4.99 Å². The maximum atomic E-state index is 4.60. The lowest BCUT2D eigenvalue weighted by Crippen LogP contribution is -2.36. The summed E-state index contributed by atoms with van der Waals surface area (Å²) in [4.78, 5) is 5.91. The molecule has 0 saturated carbocycles. The maximum Gasteiger partial charge on any atom is 0.191 e. The second-order valence-corrected chi connectivity index (χ2v) is 6.21. The van der Waals surface area contributed by atoms with Crippen molar-refractivity contribution in [3.05, 3.63) is 56.7 Å². The van der Waals surface area contributed by atoms with E-state index in [1.54, 1.807) is 11.3 Å². The Morgan fingerprint density at radius 3 is 2.76 bits per heavy atom. The van der Waals surface area contributed by atoms with Crippen molar-refractivity contribution in [3.8, 4) is 0 Å². The van der Waals surface area contributed by atoms with Crippen molar-refractivity contribution >= 4 is 57.2 Å². The number of aliphatic imine (C=N–C) groups is 1. The molecule has 0 aliphatic carbocycles. The van der Waals surface area contributed by atoms with E-state index in [1.165, 1.54) is 10.4 Å². The van der Waals surface area contributed by atoms with Crippen LogP contribution < -0.4 is 10.6 Å². The molecule has 0 amide bonds. The van der Waals surface area contributed by atoms with Gasteiger partial charge in [0.2, 0.25) is 0 Å². The standard InChI is InChI=1S/C15H18BrN3S.HI/c1-2-17-15(19-11-14-7-4-8-20-14)18-10-12-5-3-6-13(16)9-12;/h3-9H,2,10-11H2,1H3,(H2,17,18,19);1H. The van der Waals surface area contributed by atoms with E-state index in [2.05, 4.69) is 68.1 Å². The van der Waals surface area contributed by atoms with Crippen molar-refractivity contribution in [1.82, 2.24) is 10.6 Å². The first-order valence-corrected chi connectivity index (χ1v) is 8.24. The summed E-state index contributed by atoms with van der Waals surface area (Å²) in [5, 5.41) is 8.69. The van der Waals surface area contributed by atoms with E-state index in [1.807, 2.05) is 12.1 Å². The number of halogens is 2. The SMILES string of the molecule is CCNC(=NCc1cccc(Br)c1)NCc1cccs1.I. The minimum atomic E-state index is 0. The van der Waals surface area contributed by atoms with Gasteiger partial charge in [-0.1, -0.05) is 34.1 Å². The van der Waals surface area contributed by atoms with E-state index in [0.717, 1.165) is 23.5 Å². The Bertz CT molecular complexity index is 558. The highest BCUT2D eigenvalue weighted by molar-refractivity contribution is 14.0. The smallest absolute Gasteiger partial charge is 0.191 e. The molecule has 21 heavy (non-hydrogen) atoms. The Morgan fingerprint density at radius 2 is 2.10 bits per heavy atom. The minimum absolute atomic E-state index is 0. The van der Waals surface area contributed by atoms with E-state index in [9.17, 15) is 0 Å². The first-order valence-electron chi connectivity index (χ1n) is 6.57. The van der Waals surface area contributed by atoms with Gasteiger partial charge < -0.3 is 10.6 Å². The van der Waals surface area contributed by atoms with Gasteiger partial charge >= 0.3 is 0 Å². The molecule has 0 saturated heterocycles. The van der Waals surface area contributed by atoms with Gasteiger partial charge in [-0.3, -0.25) is 0 Å². The first kappa shape index (κ1) is 18.4. The fourth-order valence-corrected chi connectivity index (χ4v) is 2.82. The molecule has 0 aliphatic rings. The summed E-state index contributed by atoms with van der Waals surface area (Å²) < 4.78 is 1.08. The third kappa shape index (κ3) is 6.80. The molecule has 0 radical (unpaired) electrons. The Morgan fingerprint density at radius 1 is 1.24 bits per heavy atom. The molecule has 2 rings (SSSR count). The summed E-state index contributed by atoms with van der Waals surface area (Å²) in [6.07, 6.45) is 0. The highest BCUT2D eigenvalue weighted by Crippen LogP contribution is 2.12. The number of rotatable bonds is 5. The van der Waals surface area contributed by atoms with Crippen molar-refractivity contribution < 1.29 is 0 Å². The molecule has 114 valence electrons. The Kier molecular flexibility index (Phi) is 8.94. The zero-order valence-electron chi connectivity index (χ0n) is 11.8. The molecule has 1 aromatic heterocycles. The van der Waals surface area contributed by atoms with Gasteiger partial charge in [-0.05, 0) is 36.1 Å². The summed E-state index contributed by atoms with van der Waals surface area (Å²) in [6, 6.07) is 12.4. The number of benzene rings is 1. The van der Waals surface area contributed by atoms with Crippen molar-refractivity contribution in [1.29, 1.82) is 0 Å². The fraction of sp³-hybridized carbons (Fsp3) is 0.267. The van der Waals surface area contributed by atoms with Crippen molar-refractivity contribution in [2.45, 2.75) is 20.0 Å². The predicted octanol–water partition coefficient (Wildman–Crippen LogP) is 4.38. The van der Waals surface area contributed by atoms with E-state index in [-0.39, 0.29) is 24.0 Å². The molecule has 6 heteroatoms. The normalized spacial score (nSPS) is 10.9. The Labute approximate surface area is 155 Å². The number of guanidine groups is 1. The lowest BCUT2D eigenvalue weighted by atomic mass is 10.2. The lowest BCUT2D eigenvalue weighted by Gasteiger charge is -2.10. The van der Waals surface area contributed by atoms with Crippen molar-refractivity contribution in [3.63, 3.8) is 0 Å². The Balaban J connectivity index is 0.00000220. The van der Waals surface area contributed by atoms with Gasteiger partial charge in [-0.2, -0.15) is 0 Å². The summed E-state index contributed by atoms with van der Waals surface area (Å²) in [5.74, 6) is 0.848. The molecule has 0 bridgehead atoms. The third-order valence-electron chi connectivity index (χ3n) is 2.66. The van der Waals surface area contributed by atoms with Gasteiger partial charge in [0.05, 0.1) is 13.1 Å². The lowest BCUT2D eigenvalue weighted by molar-refractivity contribution is 0.823. The second kappa shape index (κ2) is 10.2. The van der Waals surface area contributed by atoms with Crippen LogP contribution in [0, 0.1) is 0 Å². The van der Waals surface area contributed by atoms with Crippen molar-refractivity contribution in [2.75, 3.05) is 6.54 Å². The number of nitrogens with zero attached hydrogens (tertiary/aromatic N) is 1. The largest absolute Gasteiger partial charge is 0.357 e. The van der Waals surface area contributed by atoms with Crippen LogP contribution >= 0.6 is 51.2 Å². The zero-order chi connectivity index (χ0) is 14.2. The highest BCUT2D eigenvalue weighted by Gasteiger charge is 1.99. The van der Waals surface area contributed by atoms with Gasteiger partial charge in [-0.15, -0.1) is 35.3 Å². The van der Waals surface area contributed by atoms with Gasteiger partial charge in [0.1, 0.15) is 0 Å². The molecule has 1 aromatic carbocycles. The first-order chi connectivity index (χ1) is 9.78. The van der Waals surface area contributed by atoms with Crippen LogP contribution in [0.4, 0.5) is 0 Å². The van der Waals surface area contributed by atoms with Crippen molar-refractivity contribution in [2.24, 2.45) is 4.99 Å². The van der Waals surface area contributed by atoms with E-state index in [0.29, 0.717) is 6.54 Å². The topological polar surface area (TPSA) is 36.4 Å². The molecular formula is C15H19BrIN3S.